The molecular weight excluding hydrogens is 477 g/mol. The van der Waals surface area contributed by atoms with Crippen molar-refractivity contribution in [2.24, 2.45) is 7.05 Å². The molecule has 0 fully saturated rings. The summed E-state index contributed by atoms with van der Waals surface area (Å²) in [6.07, 6.45) is 6.31. The lowest BCUT2D eigenvalue weighted by Gasteiger charge is -2.19. The van der Waals surface area contributed by atoms with Gasteiger partial charge < -0.3 is 15.2 Å². The molecule has 2 N–H and O–H groups in total. The molecule has 192 valence electrons. The van der Waals surface area contributed by atoms with E-state index in [4.69, 9.17) is 4.52 Å². The maximum atomic E-state index is 15.4. The Morgan fingerprint density at radius 2 is 2.03 bits per heavy atom. The number of amides is 1. The second kappa shape index (κ2) is 9.68. The van der Waals surface area contributed by atoms with E-state index in [9.17, 15) is 4.79 Å². The molecule has 0 aliphatic heterocycles. The van der Waals surface area contributed by atoms with Gasteiger partial charge in [-0.25, -0.2) is 14.4 Å². The van der Waals surface area contributed by atoms with Gasteiger partial charge in [0.1, 0.15) is 12.1 Å². The van der Waals surface area contributed by atoms with Crippen LogP contribution < -0.4 is 10.6 Å². The van der Waals surface area contributed by atoms with E-state index in [1.54, 1.807) is 30.1 Å². The van der Waals surface area contributed by atoms with E-state index < -0.39 is 17.8 Å². The summed E-state index contributed by atoms with van der Waals surface area (Å²) in [5, 5.41) is 14.1. The molecule has 5 rings (SSSR count). The van der Waals surface area contributed by atoms with Crippen LogP contribution in [0.25, 0.3) is 11.4 Å². The molecule has 1 amide bonds. The second-order valence-corrected chi connectivity index (χ2v) is 10.1. The minimum absolute atomic E-state index is 0.106. The summed E-state index contributed by atoms with van der Waals surface area (Å²) in [5.74, 6) is 0.415. The maximum absolute atomic E-state index is 15.4. The summed E-state index contributed by atoms with van der Waals surface area (Å²) < 4.78 is 22.3. The van der Waals surface area contributed by atoms with E-state index in [2.05, 4.69) is 40.8 Å². The molecule has 0 saturated carbocycles. The predicted molar refractivity (Wildman–Crippen MR) is 132 cm³/mol. The first kappa shape index (κ1) is 24.5. The quantitative estimate of drug-likeness (QED) is 0.385. The van der Waals surface area contributed by atoms with Gasteiger partial charge in [0.2, 0.25) is 5.95 Å². The zero-order valence-electron chi connectivity index (χ0n) is 21.1. The number of anilines is 2. The first-order chi connectivity index (χ1) is 17.7. The number of fused-ring (bicyclic) bond motifs is 1. The fourth-order valence-electron chi connectivity index (χ4n) is 4.24. The molecule has 0 bridgehead atoms. The van der Waals surface area contributed by atoms with Crippen LogP contribution in [0.5, 0.6) is 0 Å². The van der Waals surface area contributed by atoms with Crippen LogP contribution in [0, 0.1) is 5.82 Å². The summed E-state index contributed by atoms with van der Waals surface area (Å²) in [6, 6.07) is 4.61. The molecule has 0 radical (unpaired) electrons. The first-order valence-corrected chi connectivity index (χ1v) is 12.1. The van der Waals surface area contributed by atoms with E-state index in [1.807, 2.05) is 20.8 Å². The Labute approximate surface area is 212 Å². The molecule has 0 spiro atoms. The van der Waals surface area contributed by atoms with Crippen molar-refractivity contribution < 1.29 is 13.7 Å². The van der Waals surface area contributed by atoms with E-state index in [0.717, 1.165) is 30.4 Å². The van der Waals surface area contributed by atoms with Crippen molar-refractivity contribution in [2.45, 2.75) is 57.9 Å². The fraction of sp³-hybridized carbons (Fsp3) is 0.400. The zero-order chi connectivity index (χ0) is 26.2. The van der Waals surface area contributed by atoms with Gasteiger partial charge in [0.15, 0.2) is 17.5 Å². The van der Waals surface area contributed by atoms with Gasteiger partial charge in [-0.3, -0.25) is 9.48 Å². The molecule has 12 heteroatoms. The lowest BCUT2D eigenvalue weighted by molar-refractivity contribution is 0.0890. The van der Waals surface area contributed by atoms with E-state index in [-0.39, 0.29) is 28.6 Å². The summed E-state index contributed by atoms with van der Waals surface area (Å²) in [7, 11) is 1.80. The van der Waals surface area contributed by atoms with Crippen LogP contribution in [0.1, 0.15) is 73.7 Å². The van der Waals surface area contributed by atoms with Crippen LogP contribution in [0.15, 0.2) is 35.2 Å². The van der Waals surface area contributed by atoms with Crippen LogP contribution in [-0.4, -0.2) is 40.8 Å². The topological polar surface area (TPSA) is 137 Å². The molecule has 1 aromatic carbocycles. The van der Waals surface area contributed by atoms with E-state index >= 15 is 4.39 Å². The molecule has 37 heavy (non-hydrogen) atoms. The highest BCUT2D eigenvalue weighted by Gasteiger charge is 2.28. The van der Waals surface area contributed by atoms with Gasteiger partial charge in [-0.1, -0.05) is 32.3 Å². The number of carbonyl (C=O) groups is 1. The van der Waals surface area contributed by atoms with Crippen molar-refractivity contribution in [3.8, 4) is 11.4 Å². The van der Waals surface area contributed by atoms with Gasteiger partial charge in [0.05, 0.1) is 11.6 Å². The summed E-state index contributed by atoms with van der Waals surface area (Å²) in [5.41, 5.74) is 1.57. The number of nitrogens with zero attached hydrogens (tertiary/aromatic N) is 7. The molecule has 0 unspecified atom stereocenters. The molecule has 1 atom stereocenters. The maximum Gasteiger partial charge on any atom is 0.315 e. The highest BCUT2D eigenvalue weighted by molar-refractivity contribution is 5.89. The Hall–Kier alpha value is -4.22. The molecule has 3 aromatic heterocycles. The monoisotopic (exact) mass is 505 g/mol. The summed E-state index contributed by atoms with van der Waals surface area (Å²) >= 11 is 0. The van der Waals surface area contributed by atoms with Gasteiger partial charge in [0.25, 0.3) is 0 Å². The van der Waals surface area contributed by atoms with Crippen molar-refractivity contribution in [2.75, 3.05) is 5.32 Å². The lowest BCUT2D eigenvalue weighted by Crippen LogP contribution is -2.29. The van der Waals surface area contributed by atoms with Crippen LogP contribution >= 0.6 is 0 Å². The van der Waals surface area contributed by atoms with E-state index in [0.29, 0.717) is 18.1 Å². The Balaban J connectivity index is 1.40. The van der Waals surface area contributed by atoms with Crippen molar-refractivity contribution in [1.82, 2.24) is 40.2 Å². The molecule has 1 aliphatic rings. The van der Waals surface area contributed by atoms with Gasteiger partial charge in [0, 0.05) is 24.7 Å². The number of benzene rings is 1. The number of carbonyl (C=O) groups excluding carboxylic acids is 1. The third kappa shape index (κ3) is 5.32. The van der Waals surface area contributed by atoms with Crippen molar-refractivity contribution in [1.29, 1.82) is 0 Å². The second-order valence-electron chi connectivity index (χ2n) is 10.1. The molecule has 4 aromatic rings. The average Bonchev–Trinajstić information content (AvgIpc) is 3.47. The molecular formula is C25H28FN9O2. The Kier molecular flexibility index (Phi) is 6.40. The SMILES string of the molecule is Cn1ccc(Nc2ncnc(-c3cc4c(cc3F)[C@@H](NC(=O)c3nc(C(C)(C)C)no3)CCCC4)n2)n1. The van der Waals surface area contributed by atoms with Crippen LogP contribution in [-0.2, 0) is 18.9 Å². The highest BCUT2D eigenvalue weighted by atomic mass is 19.1. The van der Waals surface area contributed by atoms with Gasteiger partial charge >= 0.3 is 11.8 Å². The number of hydrogen-bond donors (Lipinski definition) is 2. The normalized spacial score (nSPS) is 15.6. The number of rotatable bonds is 5. The molecule has 0 saturated heterocycles. The first-order valence-electron chi connectivity index (χ1n) is 12.1. The number of nitrogens with one attached hydrogen (secondary N) is 2. The number of aryl methyl sites for hydroxylation is 2. The lowest BCUT2D eigenvalue weighted by atomic mass is 9.95. The Morgan fingerprint density at radius 1 is 1.19 bits per heavy atom. The number of aromatic nitrogens is 7. The number of hydrogen-bond acceptors (Lipinski definition) is 9. The van der Waals surface area contributed by atoms with Crippen molar-refractivity contribution in [3.63, 3.8) is 0 Å². The zero-order valence-corrected chi connectivity index (χ0v) is 21.1. The molecule has 11 nitrogen and oxygen atoms in total. The fourth-order valence-corrected chi connectivity index (χ4v) is 4.24. The Morgan fingerprint density at radius 3 is 2.76 bits per heavy atom. The highest BCUT2D eigenvalue weighted by Crippen LogP contribution is 2.33. The third-order valence-corrected chi connectivity index (χ3v) is 6.16. The van der Waals surface area contributed by atoms with Crippen molar-refractivity contribution in [3.05, 3.63) is 59.4 Å². The van der Waals surface area contributed by atoms with Crippen LogP contribution in [0.4, 0.5) is 16.2 Å². The van der Waals surface area contributed by atoms with E-state index in [1.165, 1.54) is 12.4 Å². The molecule has 3 heterocycles. The van der Waals surface area contributed by atoms with Gasteiger partial charge in [-0.05, 0) is 42.5 Å². The van der Waals surface area contributed by atoms with Crippen LogP contribution in [0.2, 0.25) is 0 Å². The van der Waals surface area contributed by atoms with Crippen LogP contribution in [0.3, 0.4) is 0 Å². The predicted octanol–water partition coefficient (Wildman–Crippen LogP) is 4.03. The summed E-state index contributed by atoms with van der Waals surface area (Å²) in [4.78, 5) is 29.8. The third-order valence-electron chi connectivity index (χ3n) is 6.16. The smallest absolute Gasteiger partial charge is 0.315 e. The van der Waals surface area contributed by atoms with Crippen molar-refractivity contribution >= 4 is 17.7 Å². The molecule has 1 aliphatic carbocycles. The average molecular weight is 506 g/mol. The minimum Gasteiger partial charge on any atom is -0.341 e. The largest absolute Gasteiger partial charge is 0.341 e. The minimum atomic E-state index is -0.484. The standard InChI is InChI=1S/C25H28FN9O2/c1-25(2,3)23-32-22(37-34-23)21(36)29-18-8-6-5-7-14-11-16(17(26)12-15(14)18)20-27-13-28-24(31-20)30-19-9-10-35(4)33-19/h9-13,18H,5-8H2,1-4H3,(H,29,36)(H,27,28,30,31,33)/t18-/m0/s1. The number of halogens is 1. The Bertz CT molecular complexity index is 1440. The van der Waals surface area contributed by atoms with Gasteiger partial charge in [-0.15, -0.1) is 0 Å². The van der Waals surface area contributed by atoms with Gasteiger partial charge in [-0.2, -0.15) is 15.1 Å². The summed E-state index contributed by atoms with van der Waals surface area (Å²) in [6.45, 7) is 5.81.